The van der Waals surface area contributed by atoms with E-state index in [1.165, 1.54) is 7.05 Å². The van der Waals surface area contributed by atoms with Crippen molar-refractivity contribution in [1.29, 1.82) is 0 Å². The molecule has 0 aliphatic heterocycles. The summed E-state index contributed by atoms with van der Waals surface area (Å²) in [5, 5.41) is 10.2. The molecule has 2 aromatic carbocycles. The van der Waals surface area contributed by atoms with Crippen molar-refractivity contribution in [3.05, 3.63) is 58.7 Å². The molecule has 0 amide bonds. The van der Waals surface area contributed by atoms with Crippen LogP contribution in [0.5, 0.6) is 5.75 Å². The SMILES string of the molecule is Cc1ccc(S(=O)(=O)N(C)C[C@H](O)COc2c(C)cc(C)cc2C)cc1. The van der Waals surface area contributed by atoms with Gasteiger partial charge in [0.25, 0.3) is 0 Å². The van der Waals surface area contributed by atoms with Crippen LogP contribution in [0.4, 0.5) is 0 Å². The number of hydrogen-bond acceptors (Lipinski definition) is 4. The number of aliphatic hydroxyl groups is 1. The first-order valence-electron chi connectivity index (χ1n) is 8.53. The zero-order valence-electron chi connectivity index (χ0n) is 16.0. The van der Waals surface area contributed by atoms with Gasteiger partial charge in [-0.2, -0.15) is 4.31 Å². The van der Waals surface area contributed by atoms with Crippen molar-refractivity contribution < 1.29 is 18.3 Å². The molecule has 0 heterocycles. The Morgan fingerprint density at radius 3 is 2.08 bits per heavy atom. The number of ether oxygens (including phenoxy) is 1. The van der Waals surface area contributed by atoms with E-state index in [0.29, 0.717) is 0 Å². The molecule has 0 aromatic heterocycles. The van der Waals surface area contributed by atoms with Gasteiger partial charge in [0.15, 0.2) is 0 Å². The monoisotopic (exact) mass is 377 g/mol. The molecule has 0 radical (unpaired) electrons. The van der Waals surface area contributed by atoms with Crippen molar-refractivity contribution in [1.82, 2.24) is 4.31 Å². The minimum atomic E-state index is -3.64. The topological polar surface area (TPSA) is 66.8 Å². The molecule has 26 heavy (non-hydrogen) atoms. The van der Waals surface area contributed by atoms with E-state index in [-0.39, 0.29) is 18.0 Å². The number of aliphatic hydroxyl groups excluding tert-OH is 1. The van der Waals surface area contributed by atoms with E-state index in [1.54, 1.807) is 24.3 Å². The van der Waals surface area contributed by atoms with Gasteiger partial charge in [0.1, 0.15) is 18.5 Å². The average Bonchev–Trinajstić information content (AvgIpc) is 2.54. The Labute approximate surface area is 156 Å². The highest BCUT2D eigenvalue weighted by molar-refractivity contribution is 7.89. The van der Waals surface area contributed by atoms with Crippen molar-refractivity contribution in [2.24, 2.45) is 0 Å². The molecule has 2 aromatic rings. The normalized spacial score (nSPS) is 13.0. The second kappa shape index (κ2) is 8.20. The lowest BCUT2D eigenvalue weighted by Crippen LogP contribution is -2.37. The summed E-state index contributed by atoms with van der Waals surface area (Å²) in [5.74, 6) is 0.735. The van der Waals surface area contributed by atoms with Gasteiger partial charge in [-0.1, -0.05) is 35.4 Å². The van der Waals surface area contributed by atoms with Gasteiger partial charge < -0.3 is 9.84 Å². The molecule has 0 saturated heterocycles. The lowest BCUT2D eigenvalue weighted by atomic mass is 10.1. The smallest absolute Gasteiger partial charge is 0.242 e. The van der Waals surface area contributed by atoms with E-state index in [1.807, 2.05) is 39.8 Å². The van der Waals surface area contributed by atoms with Crippen LogP contribution in [0, 0.1) is 27.7 Å². The highest BCUT2D eigenvalue weighted by Crippen LogP contribution is 2.24. The number of benzene rings is 2. The van der Waals surface area contributed by atoms with Crippen LogP contribution in [0.2, 0.25) is 0 Å². The lowest BCUT2D eigenvalue weighted by Gasteiger charge is -2.22. The summed E-state index contributed by atoms with van der Waals surface area (Å²) in [7, 11) is -2.18. The molecule has 0 fully saturated rings. The molecule has 0 aliphatic rings. The molecule has 1 N–H and O–H groups in total. The molecule has 5 nitrogen and oxygen atoms in total. The quantitative estimate of drug-likeness (QED) is 0.806. The highest BCUT2D eigenvalue weighted by Gasteiger charge is 2.23. The van der Waals surface area contributed by atoms with Gasteiger partial charge in [0.05, 0.1) is 4.90 Å². The third-order valence-corrected chi connectivity index (χ3v) is 6.06. The number of nitrogens with zero attached hydrogens (tertiary/aromatic N) is 1. The van der Waals surface area contributed by atoms with Crippen molar-refractivity contribution in [2.45, 2.75) is 38.7 Å². The average molecular weight is 378 g/mol. The Morgan fingerprint density at radius 1 is 1.00 bits per heavy atom. The predicted molar refractivity (Wildman–Crippen MR) is 103 cm³/mol. The lowest BCUT2D eigenvalue weighted by molar-refractivity contribution is 0.0929. The molecule has 0 bridgehead atoms. The Balaban J connectivity index is 2.01. The molecule has 2 rings (SSSR count). The fourth-order valence-corrected chi connectivity index (χ4v) is 4.12. The predicted octanol–water partition coefficient (Wildman–Crippen LogP) is 2.98. The van der Waals surface area contributed by atoms with Gasteiger partial charge in [-0.25, -0.2) is 8.42 Å². The van der Waals surface area contributed by atoms with Crippen molar-refractivity contribution >= 4 is 10.0 Å². The summed E-state index contributed by atoms with van der Waals surface area (Å²) in [6.45, 7) is 7.81. The molecule has 0 spiro atoms. The Bertz CT molecular complexity index is 837. The maximum Gasteiger partial charge on any atom is 0.242 e. The van der Waals surface area contributed by atoms with Gasteiger partial charge in [0, 0.05) is 13.6 Å². The number of sulfonamides is 1. The van der Waals surface area contributed by atoms with Crippen LogP contribution in [-0.4, -0.2) is 44.1 Å². The summed E-state index contributed by atoms with van der Waals surface area (Å²) >= 11 is 0. The van der Waals surface area contributed by atoms with Crippen LogP contribution in [0.1, 0.15) is 22.3 Å². The molecule has 6 heteroatoms. The Morgan fingerprint density at radius 2 is 1.54 bits per heavy atom. The van der Waals surface area contributed by atoms with Crippen LogP contribution >= 0.6 is 0 Å². The maximum absolute atomic E-state index is 12.6. The third-order valence-electron chi connectivity index (χ3n) is 4.22. The van der Waals surface area contributed by atoms with Crippen molar-refractivity contribution in [3.63, 3.8) is 0 Å². The maximum atomic E-state index is 12.6. The zero-order chi connectivity index (χ0) is 19.5. The van der Waals surface area contributed by atoms with Gasteiger partial charge in [-0.3, -0.25) is 0 Å². The third kappa shape index (κ3) is 4.84. The first-order chi connectivity index (χ1) is 12.1. The minimum Gasteiger partial charge on any atom is -0.490 e. The molecule has 0 aliphatic carbocycles. The van der Waals surface area contributed by atoms with Crippen LogP contribution in [0.15, 0.2) is 41.3 Å². The van der Waals surface area contributed by atoms with Crippen LogP contribution in [-0.2, 0) is 10.0 Å². The van der Waals surface area contributed by atoms with Crippen LogP contribution in [0.25, 0.3) is 0 Å². The number of rotatable bonds is 7. The number of likely N-dealkylation sites (N-methyl/N-ethyl adjacent to an activating group) is 1. The standard InChI is InChI=1S/C20H27NO4S/c1-14-6-8-19(9-7-14)26(23,24)21(5)12-18(22)13-25-20-16(3)10-15(2)11-17(20)4/h6-11,18,22H,12-13H2,1-5H3/t18-/m0/s1. The molecular formula is C20H27NO4S. The Hall–Kier alpha value is -1.89. The molecule has 0 saturated carbocycles. The second-order valence-corrected chi connectivity index (χ2v) is 8.84. The molecular weight excluding hydrogens is 350 g/mol. The first-order valence-corrected chi connectivity index (χ1v) is 9.97. The minimum absolute atomic E-state index is 0.0263. The molecule has 1 atom stereocenters. The summed E-state index contributed by atoms with van der Waals surface area (Å²) in [5.41, 5.74) is 4.13. The van der Waals surface area contributed by atoms with Gasteiger partial charge in [-0.05, 0) is 51.0 Å². The van der Waals surface area contributed by atoms with Gasteiger partial charge >= 0.3 is 0 Å². The fraction of sp³-hybridized carbons (Fsp3) is 0.400. The Kier molecular flexibility index (Phi) is 6.44. The highest BCUT2D eigenvalue weighted by atomic mass is 32.2. The van der Waals surface area contributed by atoms with Gasteiger partial charge in [0.2, 0.25) is 10.0 Å². The van der Waals surface area contributed by atoms with E-state index in [4.69, 9.17) is 4.74 Å². The van der Waals surface area contributed by atoms with E-state index in [2.05, 4.69) is 0 Å². The first kappa shape index (κ1) is 20.4. The second-order valence-electron chi connectivity index (χ2n) is 6.79. The van der Waals surface area contributed by atoms with Crippen molar-refractivity contribution in [3.8, 4) is 5.75 Å². The zero-order valence-corrected chi connectivity index (χ0v) is 16.8. The number of aryl methyl sites for hydroxylation is 4. The summed E-state index contributed by atoms with van der Waals surface area (Å²) in [6, 6.07) is 10.7. The van der Waals surface area contributed by atoms with Crippen molar-refractivity contribution in [2.75, 3.05) is 20.2 Å². The van der Waals surface area contributed by atoms with Crippen LogP contribution < -0.4 is 4.74 Å². The molecule has 142 valence electrons. The summed E-state index contributed by atoms with van der Waals surface area (Å²) < 4.78 is 32.0. The van der Waals surface area contributed by atoms with E-state index >= 15 is 0 Å². The van der Waals surface area contributed by atoms with E-state index < -0.39 is 16.1 Å². The van der Waals surface area contributed by atoms with Gasteiger partial charge in [-0.15, -0.1) is 0 Å². The van der Waals surface area contributed by atoms with E-state index in [9.17, 15) is 13.5 Å². The summed E-state index contributed by atoms with van der Waals surface area (Å²) in [6.07, 6.45) is -0.930. The van der Waals surface area contributed by atoms with Crippen LogP contribution in [0.3, 0.4) is 0 Å². The number of hydrogen-bond donors (Lipinski definition) is 1. The van der Waals surface area contributed by atoms with E-state index in [0.717, 1.165) is 32.3 Å². The fourth-order valence-electron chi connectivity index (χ4n) is 2.91. The summed E-state index contributed by atoms with van der Waals surface area (Å²) in [4.78, 5) is 0.212. The largest absolute Gasteiger partial charge is 0.490 e. The molecule has 0 unspecified atom stereocenters.